The number of rotatable bonds is 5. The molecule has 3 heteroatoms. The van der Waals surface area contributed by atoms with Crippen LogP contribution >= 0.6 is 0 Å². The third-order valence-electron chi connectivity index (χ3n) is 8.76. The molecule has 29 heavy (non-hydrogen) atoms. The number of hydrogen-bond acceptors (Lipinski definition) is 3. The predicted molar refractivity (Wildman–Crippen MR) is 117 cm³/mol. The molecule has 0 amide bonds. The molecule has 5 rings (SSSR count). The van der Waals surface area contributed by atoms with Gasteiger partial charge < -0.3 is 14.7 Å². The molecule has 2 saturated carbocycles. The molecule has 1 N–H and O–H groups in total. The van der Waals surface area contributed by atoms with Crippen molar-refractivity contribution in [1.82, 2.24) is 4.90 Å². The summed E-state index contributed by atoms with van der Waals surface area (Å²) in [5, 5.41) is 9.87. The van der Waals surface area contributed by atoms with Crippen molar-refractivity contribution in [3.8, 4) is 5.75 Å². The molecule has 1 heterocycles. The van der Waals surface area contributed by atoms with Crippen LogP contribution in [-0.2, 0) is 11.2 Å². The van der Waals surface area contributed by atoms with Crippen molar-refractivity contribution in [2.24, 2.45) is 17.3 Å². The van der Waals surface area contributed by atoms with E-state index in [1.54, 1.807) is 5.57 Å². The molecule has 3 nitrogen and oxygen atoms in total. The zero-order valence-corrected chi connectivity index (χ0v) is 18.0. The maximum absolute atomic E-state index is 9.87. The second kappa shape index (κ2) is 8.07. The van der Waals surface area contributed by atoms with Crippen molar-refractivity contribution in [3.05, 3.63) is 41.0 Å². The van der Waals surface area contributed by atoms with E-state index in [4.69, 9.17) is 4.74 Å². The molecule has 1 aromatic carbocycles. The molecule has 1 saturated heterocycles. The molecule has 0 spiro atoms. The first kappa shape index (κ1) is 19.6. The minimum Gasteiger partial charge on any atom is -0.508 e. The predicted octanol–water partition coefficient (Wildman–Crippen LogP) is 5.29. The number of aromatic hydroxyl groups is 1. The molecular weight excluding hydrogens is 358 g/mol. The van der Waals surface area contributed by atoms with Crippen molar-refractivity contribution in [1.29, 1.82) is 0 Å². The van der Waals surface area contributed by atoms with Gasteiger partial charge in [0.05, 0.1) is 13.2 Å². The summed E-state index contributed by atoms with van der Waals surface area (Å²) in [5.41, 5.74) is 4.99. The quantitative estimate of drug-likeness (QED) is 0.543. The number of phenols is 1. The highest BCUT2D eigenvalue weighted by Crippen LogP contribution is 2.62. The number of benzene rings is 1. The molecule has 4 aliphatic rings. The summed E-state index contributed by atoms with van der Waals surface area (Å²) in [6.07, 6.45) is 12.8. The van der Waals surface area contributed by atoms with E-state index >= 15 is 0 Å². The van der Waals surface area contributed by atoms with Crippen LogP contribution in [0, 0.1) is 17.3 Å². The molecular formula is C26H37NO2. The fraction of sp³-hybridized carbons (Fsp3) is 0.692. The Hall–Kier alpha value is -1.32. The number of fused-ring (bicyclic) bond motifs is 5. The number of nitrogens with zero attached hydrogens (tertiary/aromatic N) is 1. The van der Waals surface area contributed by atoms with Crippen molar-refractivity contribution >= 4 is 0 Å². The van der Waals surface area contributed by atoms with Gasteiger partial charge in [-0.25, -0.2) is 0 Å². The van der Waals surface area contributed by atoms with Gasteiger partial charge >= 0.3 is 0 Å². The molecule has 158 valence electrons. The van der Waals surface area contributed by atoms with Gasteiger partial charge in [0.25, 0.3) is 0 Å². The fourth-order valence-corrected chi connectivity index (χ4v) is 7.19. The van der Waals surface area contributed by atoms with Crippen LogP contribution in [0.1, 0.15) is 68.9 Å². The smallest absolute Gasteiger partial charge is 0.115 e. The lowest BCUT2D eigenvalue weighted by Gasteiger charge is -2.49. The largest absolute Gasteiger partial charge is 0.508 e. The number of hydrogen-bond donors (Lipinski definition) is 1. The standard InChI is InChI=1S/C26H37NO2/c1-26-12-10-23-22-8-6-21(28)18-19(22)4-7-24(23)25(26)9-5-20(26)11-16-29-17-15-27-13-2-3-14-27/h6,8,11,18,23-25,28H,2-5,7,9-10,12-17H2,1H3/b20-11+/t23-,24-,25+,26-/m1/s1. The summed E-state index contributed by atoms with van der Waals surface area (Å²) in [6, 6.07) is 6.12. The molecule has 0 bridgehead atoms. The zero-order chi connectivity index (χ0) is 19.8. The van der Waals surface area contributed by atoms with E-state index in [1.807, 2.05) is 12.1 Å². The first-order chi connectivity index (χ1) is 14.1. The van der Waals surface area contributed by atoms with Crippen LogP contribution in [0.2, 0.25) is 0 Å². The van der Waals surface area contributed by atoms with Crippen LogP contribution in [0.5, 0.6) is 5.75 Å². The van der Waals surface area contributed by atoms with Crippen LogP contribution in [0.3, 0.4) is 0 Å². The van der Waals surface area contributed by atoms with E-state index in [-0.39, 0.29) is 0 Å². The number of likely N-dealkylation sites (tertiary alicyclic amines) is 1. The SMILES string of the molecule is C[C@]12CC[C@@H]3c4ccc(O)cc4CC[C@H]3[C@@H]1CC/C2=C\COCCN1CCCC1. The molecule has 4 atom stereocenters. The summed E-state index contributed by atoms with van der Waals surface area (Å²) in [7, 11) is 0. The van der Waals surface area contributed by atoms with E-state index in [9.17, 15) is 5.11 Å². The van der Waals surface area contributed by atoms with Gasteiger partial charge in [-0.1, -0.05) is 24.6 Å². The number of allylic oxidation sites excluding steroid dienone is 1. The van der Waals surface area contributed by atoms with Gasteiger partial charge in [0, 0.05) is 6.54 Å². The maximum atomic E-state index is 9.87. The molecule has 0 aromatic heterocycles. The van der Waals surface area contributed by atoms with E-state index in [0.29, 0.717) is 17.1 Å². The lowest BCUT2D eigenvalue weighted by molar-refractivity contribution is 0.0800. The van der Waals surface area contributed by atoms with Gasteiger partial charge in [-0.2, -0.15) is 0 Å². The van der Waals surface area contributed by atoms with Crippen molar-refractivity contribution in [2.45, 2.75) is 64.2 Å². The molecule has 1 aliphatic heterocycles. The number of phenolic OH excluding ortho intramolecular Hbond substituents is 1. The number of aryl methyl sites for hydroxylation is 1. The molecule has 0 unspecified atom stereocenters. The summed E-state index contributed by atoms with van der Waals surface area (Å²) >= 11 is 0. The zero-order valence-electron chi connectivity index (χ0n) is 18.0. The fourth-order valence-electron chi connectivity index (χ4n) is 7.19. The second-order valence-corrected chi connectivity index (χ2v) is 10.1. The van der Waals surface area contributed by atoms with Gasteiger partial charge in [-0.05, 0) is 111 Å². The molecule has 3 fully saturated rings. The third-order valence-corrected chi connectivity index (χ3v) is 8.76. The Kier molecular flexibility index (Phi) is 5.47. The van der Waals surface area contributed by atoms with Crippen molar-refractivity contribution in [3.63, 3.8) is 0 Å². The molecule has 1 aromatic rings. The van der Waals surface area contributed by atoms with E-state index < -0.39 is 0 Å². The molecule has 0 radical (unpaired) electrons. The van der Waals surface area contributed by atoms with Crippen molar-refractivity contribution in [2.75, 3.05) is 32.8 Å². The normalized spacial score (nSPS) is 35.5. The highest BCUT2D eigenvalue weighted by Gasteiger charge is 2.52. The Morgan fingerprint density at radius 2 is 2.03 bits per heavy atom. The summed E-state index contributed by atoms with van der Waals surface area (Å²) in [4.78, 5) is 2.53. The van der Waals surface area contributed by atoms with Crippen molar-refractivity contribution < 1.29 is 9.84 Å². The topological polar surface area (TPSA) is 32.7 Å². The van der Waals surface area contributed by atoms with Gasteiger partial charge in [-0.15, -0.1) is 0 Å². The van der Waals surface area contributed by atoms with Gasteiger partial charge in [0.15, 0.2) is 0 Å². The monoisotopic (exact) mass is 395 g/mol. The lowest BCUT2D eigenvalue weighted by atomic mass is 9.55. The highest BCUT2D eigenvalue weighted by molar-refractivity contribution is 5.40. The van der Waals surface area contributed by atoms with Crippen LogP contribution in [0.25, 0.3) is 0 Å². The summed E-state index contributed by atoms with van der Waals surface area (Å²) in [5.74, 6) is 2.76. The average Bonchev–Trinajstić information content (AvgIpc) is 3.35. The average molecular weight is 396 g/mol. The Morgan fingerprint density at radius 3 is 2.90 bits per heavy atom. The maximum Gasteiger partial charge on any atom is 0.115 e. The number of ether oxygens (including phenoxy) is 1. The van der Waals surface area contributed by atoms with Gasteiger partial charge in [0.1, 0.15) is 5.75 Å². The highest BCUT2D eigenvalue weighted by atomic mass is 16.5. The minimum atomic E-state index is 0.383. The third kappa shape index (κ3) is 3.65. The summed E-state index contributed by atoms with van der Waals surface area (Å²) < 4.78 is 6.00. The Labute approximate surface area is 176 Å². The minimum absolute atomic E-state index is 0.383. The Balaban J connectivity index is 1.22. The van der Waals surface area contributed by atoms with Gasteiger partial charge in [-0.3, -0.25) is 0 Å². The second-order valence-electron chi connectivity index (χ2n) is 10.1. The summed E-state index contributed by atoms with van der Waals surface area (Å²) in [6.45, 7) is 7.83. The van der Waals surface area contributed by atoms with Crippen LogP contribution < -0.4 is 0 Å². The first-order valence-corrected chi connectivity index (χ1v) is 12.0. The first-order valence-electron chi connectivity index (χ1n) is 12.0. The van der Waals surface area contributed by atoms with E-state index in [0.717, 1.165) is 38.0 Å². The Morgan fingerprint density at radius 1 is 1.17 bits per heavy atom. The molecule has 3 aliphatic carbocycles. The van der Waals surface area contributed by atoms with E-state index in [2.05, 4.69) is 24.0 Å². The lowest BCUT2D eigenvalue weighted by Crippen LogP contribution is -2.40. The van der Waals surface area contributed by atoms with Crippen LogP contribution in [0.4, 0.5) is 0 Å². The van der Waals surface area contributed by atoms with Crippen LogP contribution in [-0.4, -0.2) is 42.9 Å². The van der Waals surface area contributed by atoms with Gasteiger partial charge in [0.2, 0.25) is 0 Å². The van der Waals surface area contributed by atoms with Crippen LogP contribution in [0.15, 0.2) is 29.8 Å². The Bertz CT molecular complexity index is 766. The van der Waals surface area contributed by atoms with E-state index in [1.165, 1.54) is 69.2 Å².